The highest BCUT2D eigenvalue weighted by molar-refractivity contribution is 9.10. The smallest absolute Gasteiger partial charge is 0.151 e. The number of benzene rings is 1. The van der Waals surface area contributed by atoms with Crippen LogP contribution in [0, 0.1) is 0 Å². The molecule has 0 saturated heterocycles. The van der Waals surface area contributed by atoms with Crippen molar-refractivity contribution < 1.29 is 14.3 Å². The highest BCUT2D eigenvalue weighted by Crippen LogP contribution is 2.36. The fourth-order valence-electron chi connectivity index (χ4n) is 1.36. The topological polar surface area (TPSA) is 50.4 Å². The van der Waals surface area contributed by atoms with Gasteiger partial charge in [-0.1, -0.05) is 0 Å². The average Bonchev–Trinajstić information content (AvgIpc) is 2.62. The Morgan fingerprint density at radius 2 is 2.36 bits per heavy atom. The second-order valence-electron chi connectivity index (χ2n) is 2.91. The van der Waals surface area contributed by atoms with Gasteiger partial charge in [-0.2, -0.15) is 0 Å². The van der Waals surface area contributed by atoms with Crippen LogP contribution in [0.3, 0.4) is 0 Å². The van der Waals surface area contributed by atoms with Crippen LogP contribution in [0.15, 0.2) is 27.3 Å². The number of phenolic OH excluding ortho intramolecular Hbond substituents is 1. The number of rotatable bonds is 2. The maximum absolute atomic E-state index is 10.4. The molecule has 0 unspecified atom stereocenters. The molecule has 3 nitrogen and oxygen atoms in total. The first-order valence-corrected chi connectivity index (χ1v) is 4.84. The van der Waals surface area contributed by atoms with Gasteiger partial charge in [-0.3, -0.25) is 0 Å². The molecular formula is C10H7BrO3. The third-order valence-electron chi connectivity index (χ3n) is 2.04. The van der Waals surface area contributed by atoms with E-state index in [-0.39, 0.29) is 12.2 Å². The van der Waals surface area contributed by atoms with Crippen molar-refractivity contribution in [2.24, 2.45) is 0 Å². The van der Waals surface area contributed by atoms with Crippen molar-refractivity contribution in [3.05, 3.63) is 28.4 Å². The Kier molecular flexibility index (Phi) is 2.29. The van der Waals surface area contributed by atoms with Gasteiger partial charge < -0.3 is 14.3 Å². The molecule has 0 fully saturated rings. The number of aromatic hydroxyl groups is 1. The number of aldehydes is 1. The Morgan fingerprint density at radius 3 is 3.07 bits per heavy atom. The minimum Gasteiger partial charge on any atom is -0.506 e. The van der Waals surface area contributed by atoms with Crippen LogP contribution in [0.1, 0.15) is 5.56 Å². The molecule has 14 heavy (non-hydrogen) atoms. The van der Waals surface area contributed by atoms with Gasteiger partial charge >= 0.3 is 0 Å². The maximum Gasteiger partial charge on any atom is 0.151 e. The monoisotopic (exact) mass is 254 g/mol. The summed E-state index contributed by atoms with van der Waals surface area (Å²) in [4.78, 5) is 10.4. The van der Waals surface area contributed by atoms with E-state index in [0.717, 1.165) is 11.7 Å². The van der Waals surface area contributed by atoms with Gasteiger partial charge in [0.15, 0.2) is 5.58 Å². The number of hydrogen-bond acceptors (Lipinski definition) is 3. The fourth-order valence-corrected chi connectivity index (χ4v) is 1.94. The average molecular weight is 255 g/mol. The third kappa shape index (κ3) is 1.32. The van der Waals surface area contributed by atoms with Gasteiger partial charge in [-0.15, -0.1) is 0 Å². The van der Waals surface area contributed by atoms with Crippen LogP contribution in [-0.4, -0.2) is 11.4 Å². The molecule has 0 amide bonds. The summed E-state index contributed by atoms with van der Waals surface area (Å²) in [6.07, 6.45) is 2.50. The van der Waals surface area contributed by atoms with Crippen molar-refractivity contribution in [3.63, 3.8) is 0 Å². The Hall–Kier alpha value is -1.29. The van der Waals surface area contributed by atoms with Gasteiger partial charge in [-0.05, 0) is 28.1 Å². The van der Waals surface area contributed by atoms with Crippen LogP contribution in [-0.2, 0) is 11.2 Å². The van der Waals surface area contributed by atoms with Crippen molar-refractivity contribution in [1.82, 2.24) is 0 Å². The first kappa shape index (κ1) is 9.27. The second-order valence-corrected chi connectivity index (χ2v) is 3.70. The number of carbonyl (C=O) groups is 1. The standard InChI is InChI=1S/C10H7BrO3/c11-8-9(13)6(1-3-12)5-7-2-4-14-10(7)8/h2-5,13H,1H2. The van der Waals surface area contributed by atoms with Crippen molar-refractivity contribution in [2.45, 2.75) is 6.42 Å². The molecule has 1 N–H and O–H groups in total. The largest absolute Gasteiger partial charge is 0.506 e. The fraction of sp³-hybridized carbons (Fsp3) is 0.100. The van der Waals surface area contributed by atoms with Crippen LogP contribution in [0.2, 0.25) is 0 Å². The zero-order valence-corrected chi connectivity index (χ0v) is 8.74. The van der Waals surface area contributed by atoms with Crippen molar-refractivity contribution in [3.8, 4) is 5.75 Å². The Labute approximate surface area is 88.5 Å². The van der Waals surface area contributed by atoms with Gasteiger partial charge in [0.1, 0.15) is 16.5 Å². The summed E-state index contributed by atoms with van der Waals surface area (Å²) in [5, 5.41) is 10.5. The Morgan fingerprint density at radius 1 is 1.57 bits per heavy atom. The van der Waals surface area contributed by atoms with Crippen LogP contribution in [0.5, 0.6) is 5.75 Å². The van der Waals surface area contributed by atoms with E-state index in [1.807, 2.05) is 0 Å². The van der Waals surface area contributed by atoms with Gasteiger partial charge in [0.25, 0.3) is 0 Å². The van der Waals surface area contributed by atoms with Crippen LogP contribution in [0.4, 0.5) is 0 Å². The lowest BCUT2D eigenvalue weighted by molar-refractivity contribution is -0.107. The molecule has 1 aromatic carbocycles. The van der Waals surface area contributed by atoms with E-state index < -0.39 is 0 Å². The van der Waals surface area contributed by atoms with Gasteiger partial charge in [0, 0.05) is 17.4 Å². The van der Waals surface area contributed by atoms with E-state index in [4.69, 9.17) is 4.42 Å². The molecule has 4 heteroatoms. The van der Waals surface area contributed by atoms with E-state index in [0.29, 0.717) is 15.6 Å². The first-order valence-electron chi connectivity index (χ1n) is 4.05. The van der Waals surface area contributed by atoms with Crippen molar-refractivity contribution in [2.75, 3.05) is 0 Å². The lowest BCUT2D eigenvalue weighted by Crippen LogP contribution is -1.87. The molecule has 0 radical (unpaired) electrons. The van der Waals surface area contributed by atoms with E-state index in [9.17, 15) is 9.90 Å². The molecule has 0 saturated carbocycles. The first-order chi connectivity index (χ1) is 6.74. The summed E-state index contributed by atoms with van der Waals surface area (Å²) < 4.78 is 5.66. The zero-order chi connectivity index (χ0) is 10.1. The molecule has 0 bridgehead atoms. The quantitative estimate of drug-likeness (QED) is 0.839. The van der Waals surface area contributed by atoms with Gasteiger partial charge in [-0.25, -0.2) is 0 Å². The molecule has 2 aromatic rings. The number of carbonyl (C=O) groups excluding carboxylic acids is 1. The van der Waals surface area contributed by atoms with Crippen molar-refractivity contribution in [1.29, 1.82) is 0 Å². The summed E-state index contributed by atoms with van der Waals surface area (Å²) in [7, 11) is 0. The molecular weight excluding hydrogens is 248 g/mol. The highest BCUT2D eigenvalue weighted by atomic mass is 79.9. The lowest BCUT2D eigenvalue weighted by Gasteiger charge is -2.03. The molecule has 0 aliphatic heterocycles. The predicted molar refractivity (Wildman–Crippen MR) is 55.3 cm³/mol. The Bertz CT molecular complexity index is 487. The number of hydrogen-bond donors (Lipinski definition) is 1. The third-order valence-corrected chi connectivity index (χ3v) is 2.78. The zero-order valence-electron chi connectivity index (χ0n) is 7.16. The molecule has 1 aromatic heterocycles. The predicted octanol–water partition coefficient (Wildman–Crippen LogP) is 2.64. The van der Waals surface area contributed by atoms with Gasteiger partial charge in [0.05, 0.1) is 6.26 Å². The van der Waals surface area contributed by atoms with E-state index >= 15 is 0 Å². The van der Waals surface area contributed by atoms with Crippen LogP contribution in [0.25, 0.3) is 11.0 Å². The Balaban J connectivity index is 2.73. The SMILES string of the molecule is O=CCc1cc2ccoc2c(Br)c1O. The number of furan rings is 1. The van der Waals surface area contributed by atoms with E-state index in [1.54, 1.807) is 18.4 Å². The maximum atomic E-state index is 10.4. The molecule has 0 aliphatic carbocycles. The summed E-state index contributed by atoms with van der Waals surface area (Å²) in [6.45, 7) is 0. The normalized spacial score (nSPS) is 10.6. The van der Waals surface area contributed by atoms with Gasteiger partial charge in [0.2, 0.25) is 0 Å². The summed E-state index contributed by atoms with van der Waals surface area (Å²) >= 11 is 3.22. The molecule has 2 rings (SSSR count). The van der Waals surface area contributed by atoms with E-state index in [2.05, 4.69) is 15.9 Å². The minimum atomic E-state index is 0.0690. The lowest BCUT2D eigenvalue weighted by atomic mass is 10.1. The second kappa shape index (κ2) is 3.46. The number of phenols is 1. The summed E-state index contributed by atoms with van der Waals surface area (Å²) in [5.74, 6) is 0.0690. The molecule has 1 heterocycles. The van der Waals surface area contributed by atoms with Crippen LogP contribution < -0.4 is 0 Å². The number of halogens is 1. The summed E-state index contributed by atoms with van der Waals surface area (Å²) in [5.41, 5.74) is 1.19. The van der Waals surface area contributed by atoms with Crippen LogP contribution >= 0.6 is 15.9 Å². The molecule has 0 spiro atoms. The molecule has 72 valence electrons. The van der Waals surface area contributed by atoms with Crippen molar-refractivity contribution >= 4 is 33.2 Å². The highest BCUT2D eigenvalue weighted by Gasteiger charge is 2.12. The summed E-state index contributed by atoms with van der Waals surface area (Å²) in [6, 6.07) is 3.53. The minimum absolute atomic E-state index is 0.0690. The van der Waals surface area contributed by atoms with E-state index in [1.165, 1.54) is 0 Å². The number of fused-ring (bicyclic) bond motifs is 1. The molecule has 0 atom stereocenters. The molecule has 0 aliphatic rings.